The van der Waals surface area contributed by atoms with E-state index < -0.39 is 17.6 Å². The van der Waals surface area contributed by atoms with E-state index in [-0.39, 0.29) is 10.6 Å². The number of nitrogens with one attached hydrogen (secondary N) is 1. The maximum atomic E-state index is 13.7. The molecule has 0 fully saturated rings. The molecule has 1 aromatic carbocycles. The summed E-state index contributed by atoms with van der Waals surface area (Å²) < 4.78 is 51.7. The zero-order valence-corrected chi connectivity index (χ0v) is 12.0. The molecule has 3 nitrogen and oxygen atoms in total. The van der Waals surface area contributed by atoms with Gasteiger partial charge in [0, 0.05) is 18.5 Å². The first-order chi connectivity index (χ1) is 9.91. The summed E-state index contributed by atoms with van der Waals surface area (Å²) in [7, 11) is 0. The van der Waals surface area contributed by atoms with Crippen LogP contribution in [0, 0.1) is 5.82 Å². The molecule has 2 rings (SSSR count). The molecule has 0 aliphatic carbocycles. The summed E-state index contributed by atoms with van der Waals surface area (Å²) >= 11 is 1.10. The molecule has 21 heavy (non-hydrogen) atoms. The predicted octanol–water partition coefficient (Wildman–Crippen LogP) is 3.52. The number of alkyl halides is 3. The predicted molar refractivity (Wildman–Crippen MR) is 72.6 cm³/mol. The average molecular weight is 319 g/mol. The molecule has 0 aliphatic rings. The first-order valence-corrected chi connectivity index (χ1v) is 7.13. The molecule has 0 unspecified atom stereocenters. The fourth-order valence-corrected chi connectivity index (χ4v) is 2.56. The van der Waals surface area contributed by atoms with Crippen molar-refractivity contribution in [3.63, 3.8) is 0 Å². The highest BCUT2D eigenvalue weighted by Gasteiger charge is 2.31. The normalized spacial score (nSPS) is 11.9. The van der Waals surface area contributed by atoms with Gasteiger partial charge in [0.2, 0.25) is 0 Å². The Kier molecular flexibility index (Phi) is 4.89. The summed E-state index contributed by atoms with van der Waals surface area (Å²) in [6, 6.07) is 2.29. The molecule has 2 aromatic rings. The number of aromatic nitrogens is 2. The molecule has 114 valence electrons. The number of hydrogen-bond donors (Lipinski definition) is 1. The van der Waals surface area contributed by atoms with Crippen molar-refractivity contribution in [1.29, 1.82) is 0 Å². The molecule has 1 aromatic heterocycles. The van der Waals surface area contributed by atoms with Crippen LogP contribution in [0.5, 0.6) is 0 Å². The quantitative estimate of drug-likeness (QED) is 0.677. The molecule has 0 bridgehead atoms. The summed E-state index contributed by atoms with van der Waals surface area (Å²) in [5.41, 5.74) is -1.07. The van der Waals surface area contributed by atoms with E-state index in [4.69, 9.17) is 0 Å². The van der Waals surface area contributed by atoms with Gasteiger partial charge in [-0.2, -0.15) is 13.2 Å². The first-order valence-electron chi connectivity index (χ1n) is 6.32. The smallest absolute Gasteiger partial charge is 0.317 e. The van der Waals surface area contributed by atoms with Gasteiger partial charge < -0.3 is 5.32 Å². The second-order valence-electron chi connectivity index (χ2n) is 4.30. The fourth-order valence-electron chi connectivity index (χ4n) is 1.70. The minimum absolute atomic E-state index is 0.157. The monoisotopic (exact) mass is 319 g/mol. The van der Waals surface area contributed by atoms with Gasteiger partial charge in [-0.1, -0.05) is 18.3 Å². The van der Waals surface area contributed by atoms with Gasteiger partial charge in [0.25, 0.3) is 0 Å². The van der Waals surface area contributed by atoms with Crippen molar-refractivity contribution in [2.24, 2.45) is 0 Å². The van der Waals surface area contributed by atoms with Gasteiger partial charge in [-0.25, -0.2) is 4.39 Å². The molecular formula is C13H13F4N3S. The summed E-state index contributed by atoms with van der Waals surface area (Å²) in [4.78, 5) is 0. The van der Waals surface area contributed by atoms with Crippen LogP contribution in [-0.4, -0.2) is 23.3 Å². The zero-order chi connectivity index (χ0) is 15.5. The van der Waals surface area contributed by atoms with Crippen LogP contribution >= 0.6 is 11.3 Å². The Balaban J connectivity index is 2.25. The molecule has 8 heteroatoms. The topological polar surface area (TPSA) is 37.8 Å². The van der Waals surface area contributed by atoms with Crippen molar-refractivity contribution in [3.05, 3.63) is 34.6 Å². The van der Waals surface area contributed by atoms with Gasteiger partial charge in [-0.3, -0.25) is 0 Å². The lowest BCUT2D eigenvalue weighted by Gasteiger charge is -2.07. The van der Waals surface area contributed by atoms with Crippen LogP contribution in [0.4, 0.5) is 17.6 Å². The molecule has 0 spiro atoms. The number of likely N-dealkylation sites (N-methyl/N-ethyl adjacent to an activating group) is 1. The lowest BCUT2D eigenvalue weighted by molar-refractivity contribution is -0.137. The highest BCUT2D eigenvalue weighted by Crippen LogP contribution is 2.34. The van der Waals surface area contributed by atoms with Crippen LogP contribution < -0.4 is 5.32 Å². The Morgan fingerprint density at radius 1 is 1.24 bits per heavy atom. The van der Waals surface area contributed by atoms with E-state index in [1.807, 2.05) is 6.92 Å². The third-order valence-electron chi connectivity index (χ3n) is 2.76. The van der Waals surface area contributed by atoms with Crippen molar-refractivity contribution in [3.8, 4) is 10.6 Å². The van der Waals surface area contributed by atoms with E-state index in [9.17, 15) is 17.6 Å². The summed E-state index contributed by atoms with van der Waals surface area (Å²) in [5.74, 6) is -0.739. The van der Waals surface area contributed by atoms with Gasteiger partial charge in [0.1, 0.15) is 10.8 Å². The molecule has 0 aliphatic heterocycles. The standard InChI is InChI=1S/C13H13F4N3S/c1-2-18-6-5-11-19-20-12(21-11)9-7-8(13(15,16)17)3-4-10(9)14/h3-4,7,18H,2,5-6H2,1H3. The summed E-state index contributed by atoms with van der Waals surface area (Å²) in [6.07, 6.45) is -3.91. The molecule has 1 heterocycles. The van der Waals surface area contributed by atoms with Gasteiger partial charge in [-0.05, 0) is 24.7 Å². The SMILES string of the molecule is CCNCCc1nnc(-c2cc(C(F)(F)F)ccc2F)s1. The van der Waals surface area contributed by atoms with Gasteiger partial charge in [0.15, 0.2) is 5.01 Å². The molecule has 1 N–H and O–H groups in total. The van der Waals surface area contributed by atoms with Crippen LogP contribution in [0.15, 0.2) is 18.2 Å². The molecule has 0 saturated heterocycles. The Labute approximate surface area is 123 Å². The van der Waals surface area contributed by atoms with Crippen LogP contribution in [0.1, 0.15) is 17.5 Å². The number of rotatable bonds is 5. The van der Waals surface area contributed by atoms with Gasteiger partial charge in [0.05, 0.1) is 5.56 Å². The molecule has 0 saturated carbocycles. The maximum absolute atomic E-state index is 13.7. The van der Waals surface area contributed by atoms with Crippen molar-refractivity contribution >= 4 is 11.3 Å². The van der Waals surface area contributed by atoms with Gasteiger partial charge >= 0.3 is 6.18 Å². The lowest BCUT2D eigenvalue weighted by atomic mass is 10.1. The van der Waals surface area contributed by atoms with E-state index in [0.717, 1.165) is 30.0 Å². The molecule has 0 amide bonds. The Bertz CT molecular complexity index is 610. The average Bonchev–Trinajstić information content (AvgIpc) is 2.87. The second-order valence-corrected chi connectivity index (χ2v) is 5.36. The van der Waals surface area contributed by atoms with E-state index in [1.54, 1.807) is 0 Å². The van der Waals surface area contributed by atoms with Crippen LogP contribution in [-0.2, 0) is 12.6 Å². The van der Waals surface area contributed by atoms with E-state index in [2.05, 4.69) is 15.5 Å². The van der Waals surface area contributed by atoms with Crippen molar-refractivity contribution in [1.82, 2.24) is 15.5 Å². The van der Waals surface area contributed by atoms with E-state index in [1.165, 1.54) is 0 Å². The summed E-state index contributed by atoms with van der Waals surface area (Å²) in [5, 5.41) is 11.6. The lowest BCUT2D eigenvalue weighted by Crippen LogP contribution is -2.15. The Morgan fingerprint density at radius 2 is 2.00 bits per heavy atom. The van der Waals surface area contributed by atoms with Crippen molar-refractivity contribution in [2.75, 3.05) is 13.1 Å². The number of hydrogen-bond acceptors (Lipinski definition) is 4. The number of benzene rings is 1. The minimum atomic E-state index is -4.51. The number of halogens is 4. The fraction of sp³-hybridized carbons (Fsp3) is 0.385. The van der Waals surface area contributed by atoms with Crippen molar-refractivity contribution in [2.45, 2.75) is 19.5 Å². The first kappa shape index (κ1) is 15.8. The van der Waals surface area contributed by atoms with E-state index in [0.29, 0.717) is 24.0 Å². The van der Waals surface area contributed by atoms with Crippen LogP contribution in [0.2, 0.25) is 0 Å². The molecule has 0 radical (unpaired) electrons. The third-order valence-corrected chi connectivity index (χ3v) is 3.77. The van der Waals surface area contributed by atoms with Crippen LogP contribution in [0.3, 0.4) is 0 Å². The maximum Gasteiger partial charge on any atom is 0.416 e. The highest BCUT2D eigenvalue weighted by atomic mass is 32.1. The Hall–Kier alpha value is -1.54. The van der Waals surface area contributed by atoms with Crippen LogP contribution in [0.25, 0.3) is 10.6 Å². The van der Waals surface area contributed by atoms with Gasteiger partial charge in [-0.15, -0.1) is 10.2 Å². The molecular weight excluding hydrogens is 306 g/mol. The highest BCUT2D eigenvalue weighted by molar-refractivity contribution is 7.14. The van der Waals surface area contributed by atoms with Crippen molar-refractivity contribution < 1.29 is 17.6 Å². The second kappa shape index (κ2) is 6.48. The number of nitrogens with zero attached hydrogens (tertiary/aromatic N) is 2. The third kappa shape index (κ3) is 3.98. The largest absolute Gasteiger partial charge is 0.416 e. The van der Waals surface area contributed by atoms with E-state index >= 15 is 0 Å². The zero-order valence-electron chi connectivity index (χ0n) is 11.2. The molecule has 0 atom stereocenters. The minimum Gasteiger partial charge on any atom is -0.317 e. The summed E-state index contributed by atoms with van der Waals surface area (Å²) in [6.45, 7) is 3.47. The Morgan fingerprint density at radius 3 is 2.67 bits per heavy atom.